The molecule has 0 aliphatic carbocycles. The number of methoxy groups -OCH3 is 3. The number of esters is 1. The lowest BCUT2D eigenvalue weighted by Gasteiger charge is -2.12. The van der Waals surface area contributed by atoms with E-state index in [1.165, 1.54) is 13.2 Å². The molecule has 10 heteroatoms. The molecular weight excluding hydrogens is 408 g/mol. The van der Waals surface area contributed by atoms with E-state index in [1.54, 1.807) is 19.2 Å². The van der Waals surface area contributed by atoms with Gasteiger partial charge in [-0.1, -0.05) is 12.1 Å². The fourth-order valence-electron chi connectivity index (χ4n) is 2.72. The van der Waals surface area contributed by atoms with Gasteiger partial charge in [-0.2, -0.15) is 0 Å². The van der Waals surface area contributed by atoms with Crippen molar-refractivity contribution in [2.24, 2.45) is 0 Å². The number of ether oxygens (including phenoxy) is 4. The van der Waals surface area contributed by atoms with E-state index in [4.69, 9.17) is 14.2 Å². The molecule has 1 N–H and O–H groups in total. The van der Waals surface area contributed by atoms with E-state index in [2.05, 4.69) is 10.1 Å². The highest BCUT2D eigenvalue weighted by atomic mass is 16.6. The van der Waals surface area contributed by atoms with Gasteiger partial charge in [0.15, 0.2) is 11.5 Å². The summed E-state index contributed by atoms with van der Waals surface area (Å²) >= 11 is 0. The number of hydrogen-bond donors (Lipinski definition) is 1. The van der Waals surface area contributed by atoms with Crippen molar-refractivity contribution in [1.82, 2.24) is 5.32 Å². The molecule has 0 heterocycles. The summed E-state index contributed by atoms with van der Waals surface area (Å²) in [6, 6.07) is 9.54. The van der Waals surface area contributed by atoms with Crippen molar-refractivity contribution in [1.29, 1.82) is 0 Å². The van der Waals surface area contributed by atoms with Crippen LogP contribution in [0.5, 0.6) is 17.2 Å². The van der Waals surface area contributed by atoms with Gasteiger partial charge in [-0.05, 0) is 24.1 Å². The van der Waals surface area contributed by atoms with Crippen LogP contribution in [0, 0.1) is 10.1 Å². The Morgan fingerprint density at radius 3 is 2.32 bits per heavy atom. The summed E-state index contributed by atoms with van der Waals surface area (Å²) in [5.74, 6) is 0.00958. The van der Waals surface area contributed by atoms with Crippen LogP contribution in [0.4, 0.5) is 5.69 Å². The lowest BCUT2D eigenvalue weighted by molar-refractivity contribution is -0.385. The maximum atomic E-state index is 12.0. The number of benzene rings is 2. The first-order chi connectivity index (χ1) is 14.9. The Morgan fingerprint density at radius 1 is 1.03 bits per heavy atom. The minimum absolute atomic E-state index is 0.114. The summed E-state index contributed by atoms with van der Waals surface area (Å²) in [4.78, 5) is 34.4. The summed E-state index contributed by atoms with van der Waals surface area (Å²) in [5, 5.41) is 14.0. The summed E-state index contributed by atoms with van der Waals surface area (Å²) in [6.45, 7) is 0.561. The molecule has 2 aromatic rings. The Balaban J connectivity index is 1.88. The van der Waals surface area contributed by atoms with Gasteiger partial charge in [-0.25, -0.2) is 4.79 Å². The number of nitro groups is 1. The van der Waals surface area contributed by atoms with Gasteiger partial charge in [0.2, 0.25) is 5.91 Å². The Kier molecular flexibility index (Phi) is 8.62. The highest BCUT2D eigenvalue weighted by Crippen LogP contribution is 2.35. The third kappa shape index (κ3) is 6.59. The van der Waals surface area contributed by atoms with Gasteiger partial charge in [-0.15, -0.1) is 0 Å². The van der Waals surface area contributed by atoms with Gasteiger partial charge < -0.3 is 24.3 Å². The maximum absolute atomic E-state index is 12.0. The molecule has 1 amide bonds. The van der Waals surface area contributed by atoms with Crippen molar-refractivity contribution in [2.45, 2.75) is 12.8 Å². The highest BCUT2D eigenvalue weighted by molar-refractivity contribution is 5.95. The van der Waals surface area contributed by atoms with Gasteiger partial charge in [-0.3, -0.25) is 14.9 Å². The second kappa shape index (κ2) is 11.4. The highest BCUT2D eigenvalue weighted by Gasteiger charge is 2.25. The van der Waals surface area contributed by atoms with E-state index in [9.17, 15) is 19.7 Å². The average molecular weight is 432 g/mol. The standard InChI is InChI=1S/C21H24N2O8/c1-28-15-7-5-14(6-8-15)11-20(24)22-9-4-10-31-19-12-16(21(25)30-3)17(23(26)27)13-18(19)29-2/h5-8,12-13H,4,9-11H2,1-3H3,(H,22,24). The Bertz CT molecular complexity index is 928. The first kappa shape index (κ1) is 23.5. The summed E-state index contributed by atoms with van der Waals surface area (Å²) in [7, 11) is 4.04. The van der Waals surface area contributed by atoms with Crippen LogP contribution in [0.3, 0.4) is 0 Å². The van der Waals surface area contributed by atoms with Crippen molar-refractivity contribution >= 4 is 17.6 Å². The average Bonchev–Trinajstić information content (AvgIpc) is 2.78. The van der Waals surface area contributed by atoms with Crippen molar-refractivity contribution in [3.63, 3.8) is 0 Å². The van der Waals surface area contributed by atoms with Crippen LogP contribution in [0.2, 0.25) is 0 Å². The van der Waals surface area contributed by atoms with Crippen LogP contribution < -0.4 is 19.5 Å². The molecule has 0 unspecified atom stereocenters. The Morgan fingerprint density at radius 2 is 1.74 bits per heavy atom. The summed E-state index contributed by atoms with van der Waals surface area (Å²) < 4.78 is 20.4. The normalized spacial score (nSPS) is 10.2. The van der Waals surface area contributed by atoms with Crippen LogP contribution in [0.25, 0.3) is 0 Å². The molecule has 0 saturated heterocycles. The minimum Gasteiger partial charge on any atom is -0.497 e. The third-order valence-corrected chi connectivity index (χ3v) is 4.31. The Labute approximate surface area is 179 Å². The number of amides is 1. The molecule has 166 valence electrons. The van der Waals surface area contributed by atoms with E-state index >= 15 is 0 Å². The molecule has 0 atom stereocenters. The monoisotopic (exact) mass is 432 g/mol. The molecule has 0 aliphatic rings. The van der Waals surface area contributed by atoms with Crippen molar-refractivity contribution in [3.8, 4) is 17.2 Å². The summed E-state index contributed by atoms with van der Waals surface area (Å²) in [5.41, 5.74) is 0.179. The first-order valence-electron chi connectivity index (χ1n) is 9.36. The number of carbonyl (C=O) groups is 2. The van der Waals surface area contributed by atoms with Crippen LogP contribution in [0.15, 0.2) is 36.4 Å². The van der Waals surface area contributed by atoms with Crippen molar-refractivity contribution < 1.29 is 33.5 Å². The zero-order valence-electron chi connectivity index (χ0n) is 17.5. The van der Waals surface area contributed by atoms with Gasteiger partial charge >= 0.3 is 5.97 Å². The van der Waals surface area contributed by atoms with Crippen molar-refractivity contribution in [2.75, 3.05) is 34.5 Å². The predicted octanol–water partition coefficient (Wildman–Crippen LogP) is 2.53. The predicted molar refractivity (Wildman–Crippen MR) is 111 cm³/mol. The SMILES string of the molecule is COC(=O)c1cc(OCCCNC(=O)Cc2ccc(OC)cc2)c(OC)cc1[N+](=O)[O-]. The number of rotatable bonds is 11. The second-order valence-corrected chi connectivity index (χ2v) is 6.35. The van der Waals surface area contributed by atoms with E-state index < -0.39 is 16.6 Å². The minimum atomic E-state index is -0.856. The largest absolute Gasteiger partial charge is 0.497 e. The van der Waals surface area contributed by atoms with Gasteiger partial charge in [0, 0.05) is 12.6 Å². The molecule has 0 bridgehead atoms. The number of nitrogens with zero attached hydrogens (tertiary/aromatic N) is 1. The molecule has 2 rings (SSSR count). The zero-order chi connectivity index (χ0) is 22.8. The van der Waals surface area contributed by atoms with Gasteiger partial charge in [0.25, 0.3) is 5.69 Å². The lowest BCUT2D eigenvalue weighted by Crippen LogP contribution is -2.27. The topological polar surface area (TPSA) is 126 Å². The van der Waals surface area contributed by atoms with E-state index in [1.807, 2.05) is 12.1 Å². The smallest absolute Gasteiger partial charge is 0.345 e. The maximum Gasteiger partial charge on any atom is 0.345 e. The number of nitrogens with one attached hydrogen (secondary N) is 1. The van der Waals surface area contributed by atoms with Gasteiger partial charge in [0.05, 0.1) is 45.3 Å². The molecule has 0 aliphatic heterocycles. The molecular formula is C21H24N2O8. The molecule has 0 spiro atoms. The number of nitro benzene ring substituents is 1. The van der Waals surface area contributed by atoms with E-state index in [-0.39, 0.29) is 36.0 Å². The molecule has 0 fully saturated rings. The first-order valence-corrected chi connectivity index (χ1v) is 9.36. The number of carbonyl (C=O) groups excluding carboxylic acids is 2. The van der Waals surface area contributed by atoms with Crippen LogP contribution in [-0.2, 0) is 16.0 Å². The Hall–Kier alpha value is -3.82. The van der Waals surface area contributed by atoms with Crippen LogP contribution >= 0.6 is 0 Å². The fourth-order valence-corrected chi connectivity index (χ4v) is 2.72. The summed E-state index contributed by atoms with van der Waals surface area (Å²) in [6.07, 6.45) is 0.714. The fraction of sp³-hybridized carbons (Fsp3) is 0.333. The van der Waals surface area contributed by atoms with Crippen molar-refractivity contribution in [3.05, 3.63) is 57.6 Å². The lowest BCUT2D eigenvalue weighted by atomic mass is 10.1. The van der Waals surface area contributed by atoms with E-state index in [0.29, 0.717) is 13.0 Å². The molecule has 0 saturated carbocycles. The zero-order valence-corrected chi connectivity index (χ0v) is 17.5. The third-order valence-electron chi connectivity index (χ3n) is 4.31. The second-order valence-electron chi connectivity index (χ2n) is 6.35. The van der Waals surface area contributed by atoms with Crippen LogP contribution in [-0.4, -0.2) is 51.3 Å². The molecule has 2 aromatic carbocycles. The van der Waals surface area contributed by atoms with E-state index in [0.717, 1.165) is 24.5 Å². The van der Waals surface area contributed by atoms with Gasteiger partial charge in [0.1, 0.15) is 11.3 Å². The molecule has 0 radical (unpaired) electrons. The molecule has 10 nitrogen and oxygen atoms in total. The quantitative estimate of drug-likeness (QED) is 0.248. The molecule has 31 heavy (non-hydrogen) atoms. The molecule has 0 aromatic heterocycles. The van der Waals surface area contributed by atoms with Crippen LogP contribution in [0.1, 0.15) is 22.3 Å². The number of hydrogen-bond acceptors (Lipinski definition) is 8.